The molecule has 1 saturated carbocycles. The first-order valence-corrected chi connectivity index (χ1v) is 5.92. The summed E-state index contributed by atoms with van der Waals surface area (Å²) >= 11 is 3.42. The smallest absolute Gasteiger partial charge is 0.123 e. The molecular weight excluding hydrogens is 256 g/mol. The van der Waals surface area contributed by atoms with E-state index in [-0.39, 0.29) is 12.0 Å². The van der Waals surface area contributed by atoms with Gasteiger partial charge in [0.1, 0.15) is 5.75 Å². The first-order chi connectivity index (χ1) is 7.19. The zero-order valence-corrected chi connectivity index (χ0v) is 10.4. The van der Waals surface area contributed by atoms with Crippen molar-refractivity contribution in [2.75, 3.05) is 13.7 Å². The second-order valence-corrected chi connectivity index (χ2v) is 5.21. The topological polar surface area (TPSA) is 29.5 Å². The predicted octanol–water partition coefficient (Wildman–Crippen LogP) is 2.77. The molecule has 2 rings (SSSR count). The van der Waals surface area contributed by atoms with Crippen molar-refractivity contribution in [3.05, 3.63) is 28.2 Å². The molecule has 3 heteroatoms. The lowest BCUT2D eigenvalue weighted by Crippen LogP contribution is -2.10. The van der Waals surface area contributed by atoms with Crippen LogP contribution in [0, 0.1) is 5.41 Å². The Balaban J connectivity index is 2.20. The zero-order valence-electron chi connectivity index (χ0n) is 8.79. The molecule has 0 amide bonds. The van der Waals surface area contributed by atoms with Crippen molar-refractivity contribution < 1.29 is 9.84 Å². The second-order valence-electron chi connectivity index (χ2n) is 4.29. The van der Waals surface area contributed by atoms with E-state index in [0.717, 1.165) is 29.5 Å². The van der Waals surface area contributed by atoms with Crippen LogP contribution in [0.1, 0.15) is 18.4 Å². The Hall–Kier alpha value is -0.540. The molecule has 1 N–H and O–H groups in total. The average Bonchev–Trinajstić information content (AvgIpc) is 3.01. The van der Waals surface area contributed by atoms with Gasteiger partial charge < -0.3 is 9.84 Å². The van der Waals surface area contributed by atoms with Crippen molar-refractivity contribution in [1.29, 1.82) is 0 Å². The van der Waals surface area contributed by atoms with Crippen LogP contribution in [0.2, 0.25) is 0 Å². The molecule has 2 nitrogen and oxygen atoms in total. The van der Waals surface area contributed by atoms with Gasteiger partial charge in [-0.2, -0.15) is 0 Å². The summed E-state index contributed by atoms with van der Waals surface area (Å²) in [7, 11) is 1.68. The molecule has 82 valence electrons. The van der Waals surface area contributed by atoms with Gasteiger partial charge in [-0.3, -0.25) is 0 Å². The van der Waals surface area contributed by atoms with Gasteiger partial charge in [-0.1, -0.05) is 22.0 Å². The number of aliphatic hydroxyl groups excluding tert-OH is 1. The minimum Gasteiger partial charge on any atom is -0.496 e. The molecule has 0 radical (unpaired) electrons. The third-order valence-electron chi connectivity index (χ3n) is 3.11. The summed E-state index contributed by atoms with van der Waals surface area (Å²) in [6, 6.07) is 6.06. The van der Waals surface area contributed by atoms with Crippen molar-refractivity contribution in [3.8, 4) is 5.75 Å². The Morgan fingerprint density at radius 2 is 2.20 bits per heavy atom. The van der Waals surface area contributed by atoms with Gasteiger partial charge in [-0.05, 0) is 42.4 Å². The maximum atomic E-state index is 9.29. The molecule has 0 spiro atoms. The number of ether oxygens (including phenoxy) is 1. The van der Waals surface area contributed by atoms with Gasteiger partial charge in [0.2, 0.25) is 0 Å². The monoisotopic (exact) mass is 270 g/mol. The molecule has 0 unspecified atom stereocenters. The Bertz CT molecular complexity index is 359. The van der Waals surface area contributed by atoms with Crippen LogP contribution in [0.5, 0.6) is 5.75 Å². The van der Waals surface area contributed by atoms with Gasteiger partial charge in [0.15, 0.2) is 0 Å². The minimum atomic E-state index is 0.140. The fraction of sp³-hybridized carbons (Fsp3) is 0.500. The molecule has 0 atom stereocenters. The van der Waals surface area contributed by atoms with Crippen molar-refractivity contribution >= 4 is 15.9 Å². The maximum absolute atomic E-state index is 9.29. The molecule has 0 bridgehead atoms. The first-order valence-electron chi connectivity index (χ1n) is 5.12. The van der Waals surface area contributed by atoms with Crippen molar-refractivity contribution in [3.63, 3.8) is 0 Å². The van der Waals surface area contributed by atoms with E-state index < -0.39 is 0 Å². The van der Waals surface area contributed by atoms with Gasteiger partial charge in [-0.15, -0.1) is 0 Å². The van der Waals surface area contributed by atoms with E-state index in [1.807, 2.05) is 12.1 Å². The SMILES string of the molecule is COc1cc(Br)ccc1CC1(CO)CC1. The van der Waals surface area contributed by atoms with Crippen LogP contribution in [0.25, 0.3) is 0 Å². The molecule has 0 aliphatic heterocycles. The van der Waals surface area contributed by atoms with Crippen molar-refractivity contribution in [2.45, 2.75) is 19.3 Å². The van der Waals surface area contributed by atoms with Crippen LogP contribution in [0.4, 0.5) is 0 Å². The fourth-order valence-electron chi connectivity index (χ4n) is 1.84. The number of hydrogen-bond donors (Lipinski definition) is 1. The van der Waals surface area contributed by atoms with Gasteiger partial charge in [-0.25, -0.2) is 0 Å². The van der Waals surface area contributed by atoms with Gasteiger partial charge >= 0.3 is 0 Å². The number of methoxy groups -OCH3 is 1. The van der Waals surface area contributed by atoms with Crippen LogP contribution < -0.4 is 4.74 Å². The highest BCUT2D eigenvalue weighted by Crippen LogP contribution is 2.49. The first kappa shape index (κ1) is 11.0. The molecule has 0 aromatic heterocycles. The standard InChI is InChI=1S/C12H15BrO2/c1-15-11-6-10(13)3-2-9(11)7-12(8-14)4-5-12/h2-3,6,14H,4-5,7-8H2,1H3. The zero-order chi connectivity index (χ0) is 10.9. The van der Waals surface area contributed by atoms with E-state index in [1.54, 1.807) is 7.11 Å². The highest BCUT2D eigenvalue weighted by Gasteiger charge is 2.42. The Labute approximate surface area is 98.4 Å². The largest absolute Gasteiger partial charge is 0.496 e. The van der Waals surface area contributed by atoms with E-state index in [2.05, 4.69) is 22.0 Å². The highest BCUT2D eigenvalue weighted by atomic mass is 79.9. The number of rotatable bonds is 4. The van der Waals surface area contributed by atoms with E-state index in [9.17, 15) is 5.11 Å². The van der Waals surface area contributed by atoms with Crippen molar-refractivity contribution in [1.82, 2.24) is 0 Å². The lowest BCUT2D eigenvalue weighted by Gasteiger charge is -2.14. The Morgan fingerprint density at radius 1 is 1.47 bits per heavy atom. The van der Waals surface area contributed by atoms with Gasteiger partial charge in [0.05, 0.1) is 7.11 Å². The number of halogens is 1. The third-order valence-corrected chi connectivity index (χ3v) is 3.60. The molecule has 1 fully saturated rings. The van der Waals surface area contributed by atoms with E-state index in [1.165, 1.54) is 5.56 Å². The van der Waals surface area contributed by atoms with Crippen LogP contribution in [0.15, 0.2) is 22.7 Å². The van der Waals surface area contributed by atoms with Gasteiger partial charge in [0.25, 0.3) is 0 Å². The fourth-order valence-corrected chi connectivity index (χ4v) is 2.18. The van der Waals surface area contributed by atoms with E-state index >= 15 is 0 Å². The van der Waals surface area contributed by atoms with Crippen LogP contribution in [0.3, 0.4) is 0 Å². The summed E-state index contributed by atoms with van der Waals surface area (Å²) in [5.41, 5.74) is 1.33. The highest BCUT2D eigenvalue weighted by molar-refractivity contribution is 9.10. The summed E-state index contributed by atoms with van der Waals surface area (Å²) in [5.74, 6) is 0.907. The lowest BCUT2D eigenvalue weighted by atomic mass is 9.97. The lowest BCUT2D eigenvalue weighted by molar-refractivity contribution is 0.210. The van der Waals surface area contributed by atoms with Crippen molar-refractivity contribution in [2.24, 2.45) is 5.41 Å². The molecular formula is C12H15BrO2. The quantitative estimate of drug-likeness (QED) is 0.912. The maximum Gasteiger partial charge on any atom is 0.123 e. The third kappa shape index (κ3) is 2.34. The minimum absolute atomic E-state index is 0.140. The molecule has 15 heavy (non-hydrogen) atoms. The summed E-state index contributed by atoms with van der Waals surface area (Å²) < 4.78 is 6.36. The summed E-state index contributed by atoms with van der Waals surface area (Å²) in [4.78, 5) is 0. The molecule has 0 heterocycles. The van der Waals surface area contributed by atoms with Crippen LogP contribution >= 0.6 is 15.9 Å². The summed E-state index contributed by atoms with van der Waals surface area (Å²) in [6.45, 7) is 0.284. The number of aliphatic hydroxyl groups is 1. The Morgan fingerprint density at radius 3 is 2.73 bits per heavy atom. The number of hydrogen-bond acceptors (Lipinski definition) is 2. The number of benzene rings is 1. The molecule has 1 aliphatic rings. The predicted molar refractivity (Wildman–Crippen MR) is 63.2 cm³/mol. The normalized spacial score (nSPS) is 17.5. The molecule has 1 aliphatic carbocycles. The Kier molecular flexibility index (Phi) is 3.03. The molecule has 0 saturated heterocycles. The van der Waals surface area contributed by atoms with E-state index in [0.29, 0.717) is 0 Å². The molecule has 1 aromatic carbocycles. The van der Waals surface area contributed by atoms with E-state index in [4.69, 9.17) is 4.74 Å². The van der Waals surface area contributed by atoms with Gasteiger partial charge in [0, 0.05) is 11.1 Å². The second kappa shape index (κ2) is 4.14. The summed E-state index contributed by atoms with van der Waals surface area (Å²) in [6.07, 6.45) is 3.17. The summed E-state index contributed by atoms with van der Waals surface area (Å²) in [5, 5.41) is 9.29. The van der Waals surface area contributed by atoms with Crippen LogP contribution in [-0.2, 0) is 6.42 Å². The molecule has 1 aromatic rings. The van der Waals surface area contributed by atoms with Crippen LogP contribution in [-0.4, -0.2) is 18.8 Å². The average molecular weight is 271 g/mol.